The smallest absolute Gasteiger partial charge is 0.319 e. The molecule has 0 aliphatic carbocycles. The Labute approximate surface area is 82.6 Å². The lowest BCUT2D eigenvalue weighted by atomic mass is 10.2. The molecule has 1 N–H and O–H groups in total. The first kappa shape index (κ1) is 12.7. The highest BCUT2D eigenvalue weighted by molar-refractivity contribution is 8.01. The van der Waals surface area contributed by atoms with Crippen LogP contribution < -0.4 is 0 Å². The van der Waals surface area contributed by atoms with Crippen molar-refractivity contribution < 1.29 is 19.4 Å². The number of methoxy groups -OCH3 is 2. The number of thioether (sulfide) groups is 1. The summed E-state index contributed by atoms with van der Waals surface area (Å²) in [7, 11) is 3.06. The van der Waals surface area contributed by atoms with Crippen LogP contribution in [0.5, 0.6) is 0 Å². The predicted molar refractivity (Wildman–Crippen MR) is 52.0 cm³/mol. The van der Waals surface area contributed by atoms with Crippen molar-refractivity contribution in [2.75, 3.05) is 20.0 Å². The quantitative estimate of drug-likeness (QED) is 0.665. The van der Waals surface area contributed by atoms with Crippen LogP contribution in [-0.2, 0) is 14.3 Å². The monoisotopic (exact) mass is 208 g/mol. The Balaban J connectivity index is 3.92. The van der Waals surface area contributed by atoms with E-state index < -0.39 is 10.7 Å². The third-order valence-electron chi connectivity index (χ3n) is 1.62. The molecule has 0 aromatic carbocycles. The van der Waals surface area contributed by atoms with Crippen molar-refractivity contribution in [2.45, 2.75) is 24.9 Å². The summed E-state index contributed by atoms with van der Waals surface area (Å²) in [6.45, 7) is 3.31. The second kappa shape index (κ2) is 5.47. The molecule has 0 aliphatic rings. The van der Waals surface area contributed by atoms with E-state index >= 15 is 0 Å². The van der Waals surface area contributed by atoms with Gasteiger partial charge in [-0.3, -0.25) is 4.79 Å². The van der Waals surface area contributed by atoms with Gasteiger partial charge in [0.05, 0.1) is 0 Å². The number of hydrogen-bond acceptors (Lipinski definition) is 4. The van der Waals surface area contributed by atoms with Crippen LogP contribution in [0, 0.1) is 0 Å². The van der Waals surface area contributed by atoms with E-state index in [2.05, 4.69) is 0 Å². The average Bonchev–Trinajstić information content (AvgIpc) is 2.06. The summed E-state index contributed by atoms with van der Waals surface area (Å²) >= 11 is 1.29. The van der Waals surface area contributed by atoms with Crippen molar-refractivity contribution >= 4 is 17.7 Å². The minimum absolute atomic E-state index is 0.344. The van der Waals surface area contributed by atoms with Gasteiger partial charge in [-0.05, 0) is 13.8 Å². The van der Waals surface area contributed by atoms with E-state index in [0.717, 1.165) is 0 Å². The summed E-state index contributed by atoms with van der Waals surface area (Å²) in [5.74, 6) is -0.324. The molecule has 0 fully saturated rings. The Morgan fingerprint density at radius 2 is 1.92 bits per heavy atom. The van der Waals surface area contributed by atoms with Crippen molar-refractivity contribution in [1.29, 1.82) is 0 Å². The van der Waals surface area contributed by atoms with Crippen LogP contribution in [0.4, 0.5) is 0 Å². The summed E-state index contributed by atoms with van der Waals surface area (Å²) in [5.41, 5.74) is 0. The largest absolute Gasteiger partial charge is 0.480 e. The van der Waals surface area contributed by atoms with Crippen LogP contribution in [0.3, 0.4) is 0 Å². The van der Waals surface area contributed by atoms with Gasteiger partial charge in [-0.15, -0.1) is 11.8 Å². The highest BCUT2D eigenvalue weighted by Crippen LogP contribution is 2.25. The van der Waals surface area contributed by atoms with Crippen LogP contribution >= 0.6 is 11.8 Å². The van der Waals surface area contributed by atoms with Gasteiger partial charge >= 0.3 is 5.97 Å². The van der Waals surface area contributed by atoms with Gasteiger partial charge in [0.2, 0.25) is 0 Å². The summed E-state index contributed by atoms with van der Waals surface area (Å²) < 4.78 is 9.08. The molecule has 78 valence electrons. The minimum Gasteiger partial charge on any atom is -0.480 e. The van der Waals surface area contributed by atoms with Gasteiger partial charge in [-0.1, -0.05) is 0 Å². The van der Waals surface area contributed by atoms with Gasteiger partial charge in [0.15, 0.2) is 6.29 Å². The van der Waals surface area contributed by atoms with Crippen molar-refractivity contribution in [3.8, 4) is 0 Å². The zero-order valence-corrected chi connectivity index (χ0v) is 9.18. The number of hydrogen-bond donors (Lipinski definition) is 1. The number of carbonyl (C=O) groups is 1. The summed E-state index contributed by atoms with van der Waals surface area (Å²) in [6, 6.07) is 0. The number of carboxylic acids is 1. The molecule has 0 unspecified atom stereocenters. The van der Waals surface area contributed by atoms with Crippen molar-refractivity contribution in [1.82, 2.24) is 0 Å². The molecule has 0 heterocycles. The molecule has 0 saturated heterocycles. The van der Waals surface area contributed by atoms with Crippen LogP contribution in [0.1, 0.15) is 13.8 Å². The first-order chi connectivity index (χ1) is 5.94. The van der Waals surface area contributed by atoms with E-state index in [-0.39, 0.29) is 6.29 Å². The Morgan fingerprint density at radius 1 is 1.46 bits per heavy atom. The zero-order valence-electron chi connectivity index (χ0n) is 8.36. The molecule has 0 saturated carbocycles. The third-order valence-corrected chi connectivity index (χ3v) is 2.96. The summed E-state index contributed by atoms with van der Waals surface area (Å²) in [6.07, 6.45) is -0.344. The van der Waals surface area contributed by atoms with E-state index in [1.165, 1.54) is 26.0 Å². The fourth-order valence-electron chi connectivity index (χ4n) is 0.570. The van der Waals surface area contributed by atoms with Gasteiger partial charge in [-0.2, -0.15) is 0 Å². The normalized spacial score (nSPS) is 12.1. The van der Waals surface area contributed by atoms with Crippen LogP contribution in [0.15, 0.2) is 0 Å². The molecule has 0 rings (SSSR count). The summed E-state index contributed by atoms with van der Waals surface area (Å²) in [4.78, 5) is 10.7. The number of aliphatic carboxylic acids is 1. The van der Waals surface area contributed by atoms with E-state index in [0.29, 0.717) is 5.75 Å². The summed E-state index contributed by atoms with van der Waals surface area (Å²) in [5, 5.41) is 8.80. The molecule has 5 heteroatoms. The number of carboxylic acid groups (broad SMARTS) is 1. The van der Waals surface area contributed by atoms with E-state index in [9.17, 15) is 4.79 Å². The van der Waals surface area contributed by atoms with Crippen molar-refractivity contribution in [2.24, 2.45) is 0 Å². The Bertz CT molecular complexity index is 166. The molecular formula is C8H16O4S. The molecule has 0 aromatic heterocycles. The van der Waals surface area contributed by atoms with Gasteiger partial charge in [-0.25, -0.2) is 0 Å². The molecular weight excluding hydrogens is 192 g/mol. The predicted octanol–water partition coefficient (Wildman–Crippen LogP) is 1.20. The molecule has 4 nitrogen and oxygen atoms in total. The van der Waals surface area contributed by atoms with Gasteiger partial charge in [0.1, 0.15) is 4.75 Å². The highest BCUT2D eigenvalue weighted by atomic mass is 32.2. The molecule has 0 atom stereocenters. The van der Waals surface area contributed by atoms with Crippen molar-refractivity contribution in [3.05, 3.63) is 0 Å². The SMILES string of the molecule is COC(CSC(C)(C)C(=O)O)OC. The third kappa shape index (κ3) is 4.50. The van der Waals surface area contributed by atoms with E-state index in [1.54, 1.807) is 13.8 Å². The second-order valence-electron chi connectivity index (χ2n) is 3.03. The Hall–Kier alpha value is -0.260. The molecule has 0 aliphatic heterocycles. The van der Waals surface area contributed by atoms with Crippen LogP contribution in [0.2, 0.25) is 0 Å². The lowest BCUT2D eigenvalue weighted by molar-refractivity contribution is -0.138. The molecule has 0 bridgehead atoms. The Kier molecular flexibility index (Phi) is 5.36. The first-order valence-corrected chi connectivity index (χ1v) is 4.85. The van der Waals surface area contributed by atoms with E-state index in [1.807, 2.05) is 0 Å². The minimum atomic E-state index is -0.830. The maximum atomic E-state index is 10.7. The van der Waals surface area contributed by atoms with E-state index in [4.69, 9.17) is 14.6 Å². The van der Waals surface area contributed by atoms with Gasteiger partial charge < -0.3 is 14.6 Å². The lowest BCUT2D eigenvalue weighted by Crippen LogP contribution is -2.30. The molecule has 0 spiro atoms. The fourth-order valence-corrected chi connectivity index (χ4v) is 1.52. The number of ether oxygens (including phenoxy) is 2. The molecule has 0 amide bonds. The van der Waals surface area contributed by atoms with Crippen LogP contribution in [-0.4, -0.2) is 42.1 Å². The van der Waals surface area contributed by atoms with Gasteiger partial charge in [0, 0.05) is 20.0 Å². The van der Waals surface area contributed by atoms with Crippen molar-refractivity contribution in [3.63, 3.8) is 0 Å². The number of rotatable bonds is 6. The maximum Gasteiger partial charge on any atom is 0.319 e. The first-order valence-electron chi connectivity index (χ1n) is 3.87. The lowest BCUT2D eigenvalue weighted by Gasteiger charge is -2.21. The standard InChI is InChI=1S/C8H16O4S/c1-8(2,7(9)10)13-5-6(11-3)12-4/h6H,5H2,1-4H3,(H,9,10). The van der Waals surface area contributed by atoms with Crippen LogP contribution in [0.25, 0.3) is 0 Å². The Morgan fingerprint density at radius 3 is 2.23 bits per heavy atom. The second-order valence-corrected chi connectivity index (χ2v) is 4.67. The topological polar surface area (TPSA) is 55.8 Å². The molecule has 0 radical (unpaired) electrons. The fraction of sp³-hybridized carbons (Fsp3) is 0.875. The molecule has 13 heavy (non-hydrogen) atoms. The van der Waals surface area contributed by atoms with Gasteiger partial charge in [0.25, 0.3) is 0 Å². The average molecular weight is 208 g/mol. The highest BCUT2D eigenvalue weighted by Gasteiger charge is 2.28. The molecule has 0 aromatic rings. The maximum absolute atomic E-state index is 10.7. The zero-order chi connectivity index (χ0) is 10.5.